The molecular weight excluding hydrogens is 248 g/mol. The highest BCUT2D eigenvalue weighted by molar-refractivity contribution is 7.80. The van der Waals surface area contributed by atoms with Gasteiger partial charge in [-0.15, -0.1) is 11.3 Å². The minimum Gasteiger partial charge on any atom is -0.393 e. The fourth-order valence-electron chi connectivity index (χ4n) is 1.31. The summed E-state index contributed by atoms with van der Waals surface area (Å²) >= 11 is 12.3. The normalized spacial score (nSPS) is 10.9. The van der Waals surface area contributed by atoms with E-state index in [4.69, 9.17) is 29.6 Å². The van der Waals surface area contributed by atoms with Crippen LogP contribution in [0.3, 0.4) is 0 Å². The number of halogens is 1. The molecule has 15 heavy (non-hydrogen) atoms. The summed E-state index contributed by atoms with van der Waals surface area (Å²) in [4.78, 5) is 4.14. The summed E-state index contributed by atoms with van der Waals surface area (Å²) in [5, 5.41) is 0. The minimum atomic E-state index is 0.600. The van der Waals surface area contributed by atoms with Gasteiger partial charge in [-0.1, -0.05) is 23.8 Å². The smallest absolute Gasteiger partial charge is 0.0931 e. The Labute approximate surface area is 105 Å². The molecule has 0 aliphatic heterocycles. The zero-order valence-electron chi connectivity index (χ0n) is 8.70. The maximum Gasteiger partial charge on any atom is 0.0931 e. The third-order valence-electron chi connectivity index (χ3n) is 2.02. The van der Waals surface area contributed by atoms with Crippen LogP contribution in [0.15, 0.2) is 12.1 Å². The van der Waals surface area contributed by atoms with Crippen LogP contribution in [0, 0.1) is 0 Å². The fraction of sp³-hybridized carbons (Fsp3) is 0.500. The van der Waals surface area contributed by atoms with Crippen molar-refractivity contribution in [2.45, 2.75) is 19.4 Å². The van der Waals surface area contributed by atoms with Crippen molar-refractivity contribution in [3.05, 3.63) is 21.3 Å². The molecule has 5 heteroatoms. The van der Waals surface area contributed by atoms with E-state index in [9.17, 15) is 0 Å². The summed E-state index contributed by atoms with van der Waals surface area (Å²) in [6, 6.07) is 4.00. The fourth-order valence-corrected chi connectivity index (χ4v) is 2.62. The molecule has 84 valence electrons. The lowest BCUT2D eigenvalue weighted by atomic mass is 10.3. The number of thiophene rings is 1. The topological polar surface area (TPSA) is 29.3 Å². The molecule has 1 heterocycles. The quantitative estimate of drug-likeness (QED) is 0.800. The lowest BCUT2D eigenvalue weighted by Crippen LogP contribution is -2.20. The molecule has 1 aromatic heterocycles. The molecule has 0 amide bonds. The van der Waals surface area contributed by atoms with Crippen molar-refractivity contribution in [2.75, 3.05) is 13.6 Å². The molecule has 0 saturated heterocycles. The van der Waals surface area contributed by atoms with Crippen molar-refractivity contribution in [1.29, 1.82) is 0 Å². The summed E-state index contributed by atoms with van der Waals surface area (Å²) in [6.45, 7) is 1.95. The molecule has 0 aliphatic carbocycles. The standard InChI is InChI=1S/C10H15ClN2S2/c1-13(6-2-3-10(12)14)7-8-4-5-9(11)15-8/h4-5H,2-3,6-7H2,1H3,(H2,12,14). The monoisotopic (exact) mass is 262 g/mol. The summed E-state index contributed by atoms with van der Waals surface area (Å²) in [7, 11) is 2.09. The average Bonchev–Trinajstić information content (AvgIpc) is 2.50. The lowest BCUT2D eigenvalue weighted by Gasteiger charge is -2.14. The summed E-state index contributed by atoms with van der Waals surface area (Å²) in [5.74, 6) is 0. The molecule has 0 atom stereocenters. The summed E-state index contributed by atoms with van der Waals surface area (Å²) in [5.41, 5.74) is 5.43. The van der Waals surface area contributed by atoms with Crippen LogP contribution >= 0.6 is 35.2 Å². The van der Waals surface area contributed by atoms with Gasteiger partial charge in [-0.2, -0.15) is 0 Å². The number of nitrogens with zero attached hydrogens (tertiary/aromatic N) is 1. The Morgan fingerprint density at radius 1 is 1.60 bits per heavy atom. The van der Waals surface area contributed by atoms with Gasteiger partial charge in [0.2, 0.25) is 0 Å². The van der Waals surface area contributed by atoms with Crippen molar-refractivity contribution >= 4 is 40.1 Å². The number of nitrogens with two attached hydrogens (primary N) is 1. The maximum atomic E-state index is 5.86. The van der Waals surface area contributed by atoms with E-state index in [1.807, 2.05) is 6.07 Å². The SMILES string of the molecule is CN(CCCC(N)=S)Cc1ccc(Cl)s1. The molecule has 2 N–H and O–H groups in total. The van der Waals surface area contributed by atoms with Gasteiger partial charge >= 0.3 is 0 Å². The van der Waals surface area contributed by atoms with Crippen LogP contribution in [0.1, 0.15) is 17.7 Å². The molecule has 0 saturated carbocycles. The van der Waals surface area contributed by atoms with Gasteiger partial charge in [0, 0.05) is 11.4 Å². The molecular formula is C10H15ClN2S2. The average molecular weight is 263 g/mol. The molecule has 0 bridgehead atoms. The van der Waals surface area contributed by atoms with Gasteiger partial charge in [-0.25, -0.2) is 0 Å². The van der Waals surface area contributed by atoms with Crippen LogP contribution in [0.2, 0.25) is 4.34 Å². The van der Waals surface area contributed by atoms with Gasteiger partial charge < -0.3 is 10.6 Å². The van der Waals surface area contributed by atoms with E-state index in [-0.39, 0.29) is 0 Å². The Morgan fingerprint density at radius 2 is 2.33 bits per heavy atom. The third-order valence-corrected chi connectivity index (χ3v) is 3.44. The van der Waals surface area contributed by atoms with Crippen molar-refractivity contribution < 1.29 is 0 Å². The lowest BCUT2D eigenvalue weighted by molar-refractivity contribution is 0.327. The predicted molar refractivity (Wildman–Crippen MR) is 71.7 cm³/mol. The van der Waals surface area contributed by atoms with E-state index in [0.717, 1.165) is 30.3 Å². The number of hydrogen-bond acceptors (Lipinski definition) is 3. The van der Waals surface area contributed by atoms with E-state index in [2.05, 4.69) is 18.0 Å². The Kier molecular flexibility index (Phi) is 5.53. The Morgan fingerprint density at radius 3 is 2.87 bits per heavy atom. The van der Waals surface area contributed by atoms with E-state index < -0.39 is 0 Å². The van der Waals surface area contributed by atoms with Gasteiger partial charge in [0.05, 0.1) is 9.32 Å². The second-order valence-electron chi connectivity index (χ2n) is 3.51. The zero-order chi connectivity index (χ0) is 11.3. The van der Waals surface area contributed by atoms with Gasteiger partial charge in [0.25, 0.3) is 0 Å². The van der Waals surface area contributed by atoms with Crippen molar-refractivity contribution in [3.63, 3.8) is 0 Å². The largest absolute Gasteiger partial charge is 0.393 e. The highest BCUT2D eigenvalue weighted by Gasteiger charge is 2.03. The van der Waals surface area contributed by atoms with Crippen LogP contribution in [0.25, 0.3) is 0 Å². The van der Waals surface area contributed by atoms with E-state index in [1.54, 1.807) is 11.3 Å². The van der Waals surface area contributed by atoms with Gasteiger partial charge in [-0.3, -0.25) is 0 Å². The number of hydrogen-bond donors (Lipinski definition) is 1. The minimum absolute atomic E-state index is 0.600. The molecule has 1 aromatic rings. The summed E-state index contributed by atoms with van der Waals surface area (Å²) in [6.07, 6.45) is 1.84. The van der Waals surface area contributed by atoms with Crippen molar-refractivity contribution in [3.8, 4) is 0 Å². The van der Waals surface area contributed by atoms with Gasteiger partial charge in [-0.05, 0) is 38.6 Å². The second-order valence-corrected chi connectivity index (χ2v) is 5.84. The maximum absolute atomic E-state index is 5.86. The second kappa shape index (κ2) is 6.43. The Bertz CT molecular complexity index is 325. The first kappa shape index (κ1) is 12.9. The molecule has 0 spiro atoms. The van der Waals surface area contributed by atoms with Gasteiger partial charge in [0.15, 0.2) is 0 Å². The molecule has 2 nitrogen and oxygen atoms in total. The van der Waals surface area contributed by atoms with E-state index in [0.29, 0.717) is 4.99 Å². The van der Waals surface area contributed by atoms with Crippen molar-refractivity contribution in [2.24, 2.45) is 5.73 Å². The van der Waals surface area contributed by atoms with Crippen LogP contribution in [0.4, 0.5) is 0 Å². The van der Waals surface area contributed by atoms with Crippen LogP contribution in [-0.4, -0.2) is 23.5 Å². The molecule has 1 rings (SSSR count). The van der Waals surface area contributed by atoms with E-state index >= 15 is 0 Å². The molecule has 0 radical (unpaired) electrons. The molecule has 0 aromatic carbocycles. The van der Waals surface area contributed by atoms with E-state index in [1.165, 1.54) is 4.88 Å². The molecule has 0 unspecified atom stereocenters. The first-order valence-corrected chi connectivity index (χ1v) is 6.39. The molecule has 0 fully saturated rings. The highest BCUT2D eigenvalue weighted by Crippen LogP contribution is 2.22. The van der Waals surface area contributed by atoms with Crippen LogP contribution in [0.5, 0.6) is 0 Å². The first-order chi connectivity index (χ1) is 7.08. The van der Waals surface area contributed by atoms with Crippen LogP contribution < -0.4 is 5.73 Å². The Balaban J connectivity index is 2.24. The first-order valence-electron chi connectivity index (χ1n) is 4.79. The predicted octanol–water partition coefficient (Wildman–Crippen LogP) is 2.90. The number of thiocarbonyl (C=S) groups is 1. The van der Waals surface area contributed by atoms with Crippen LogP contribution in [-0.2, 0) is 6.54 Å². The third kappa shape index (κ3) is 5.47. The zero-order valence-corrected chi connectivity index (χ0v) is 11.1. The Hall–Kier alpha value is -0.160. The summed E-state index contributed by atoms with van der Waals surface area (Å²) < 4.78 is 0.849. The highest BCUT2D eigenvalue weighted by atomic mass is 35.5. The number of rotatable bonds is 6. The van der Waals surface area contributed by atoms with Crippen molar-refractivity contribution in [1.82, 2.24) is 4.90 Å². The van der Waals surface area contributed by atoms with Gasteiger partial charge in [0.1, 0.15) is 0 Å². The molecule has 0 aliphatic rings.